The molecule has 0 radical (unpaired) electrons. The Labute approximate surface area is 74.2 Å². The van der Waals surface area contributed by atoms with Crippen molar-refractivity contribution in [1.82, 2.24) is 9.61 Å². The summed E-state index contributed by atoms with van der Waals surface area (Å²) in [5.74, 6) is 0. The van der Waals surface area contributed by atoms with Crippen molar-refractivity contribution in [2.75, 3.05) is 0 Å². The van der Waals surface area contributed by atoms with Gasteiger partial charge in [0.2, 0.25) is 0 Å². The zero-order valence-electron chi connectivity index (χ0n) is 6.24. The molecule has 2 rings (SSSR count). The molecule has 12 heavy (non-hydrogen) atoms. The number of hydrogen-bond donors (Lipinski definition) is 1. The maximum Gasteiger partial charge on any atom is 0.0902 e. The molecule has 0 atom stereocenters. The molecular formula is C8H7ClN2O. The van der Waals surface area contributed by atoms with Crippen molar-refractivity contribution < 1.29 is 5.11 Å². The van der Waals surface area contributed by atoms with Crippen LogP contribution in [-0.2, 0) is 6.61 Å². The van der Waals surface area contributed by atoms with Gasteiger partial charge in [0.1, 0.15) is 0 Å². The summed E-state index contributed by atoms with van der Waals surface area (Å²) in [5, 5.41) is 13.6. The van der Waals surface area contributed by atoms with Crippen LogP contribution in [0.25, 0.3) is 5.52 Å². The highest BCUT2D eigenvalue weighted by molar-refractivity contribution is 6.34. The summed E-state index contributed by atoms with van der Waals surface area (Å²) in [6.45, 7) is -0.0345. The predicted molar refractivity (Wildman–Crippen MR) is 46.1 cm³/mol. The Morgan fingerprint density at radius 3 is 3.17 bits per heavy atom. The number of hydrogen-bond acceptors (Lipinski definition) is 2. The fourth-order valence-corrected chi connectivity index (χ4v) is 1.46. The zero-order valence-corrected chi connectivity index (χ0v) is 6.99. The molecule has 0 aromatic carbocycles. The van der Waals surface area contributed by atoms with Gasteiger partial charge in [0.05, 0.1) is 23.3 Å². The number of aliphatic hydroxyl groups excluding tert-OH is 1. The minimum Gasteiger partial charge on any atom is -0.392 e. The van der Waals surface area contributed by atoms with Gasteiger partial charge in [-0.1, -0.05) is 11.6 Å². The van der Waals surface area contributed by atoms with E-state index in [2.05, 4.69) is 5.10 Å². The molecule has 0 aliphatic rings. The summed E-state index contributed by atoms with van der Waals surface area (Å²) < 4.78 is 1.65. The second-order valence-corrected chi connectivity index (χ2v) is 2.88. The third-order valence-electron chi connectivity index (χ3n) is 1.74. The van der Waals surface area contributed by atoms with Gasteiger partial charge < -0.3 is 5.11 Å². The Hall–Kier alpha value is -1.06. The highest BCUT2D eigenvalue weighted by Crippen LogP contribution is 2.20. The highest BCUT2D eigenvalue weighted by atomic mass is 35.5. The van der Waals surface area contributed by atoms with E-state index < -0.39 is 0 Å². The minimum atomic E-state index is -0.0345. The standard InChI is InChI=1S/C8H7ClN2O/c9-7-2-1-3-11-8(7)6(5-12)4-10-11/h1-4,12H,5H2. The van der Waals surface area contributed by atoms with E-state index in [-0.39, 0.29) is 6.61 Å². The molecule has 2 aromatic heterocycles. The molecule has 0 saturated carbocycles. The molecule has 3 nitrogen and oxygen atoms in total. The molecule has 0 amide bonds. The number of halogens is 1. The Balaban J connectivity index is 2.83. The van der Waals surface area contributed by atoms with Crippen molar-refractivity contribution in [3.8, 4) is 0 Å². The number of aromatic nitrogens is 2. The summed E-state index contributed by atoms with van der Waals surface area (Å²) in [5.41, 5.74) is 1.53. The molecule has 62 valence electrons. The largest absolute Gasteiger partial charge is 0.392 e. The Bertz CT molecular complexity index is 410. The van der Waals surface area contributed by atoms with Gasteiger partial charge in [-0.3, -0.25) is 0 Å². The van der Waals surface area contributed by atoms with E-state index >= 15 is 0 Å². The van der Waals surface area contributed by atoms with Crippen LogP contribution in [0.2, 0.25) is 5.02 Å². The van der Waals surface area contributed by atoms with Crippen molar-refractivity contribution in [3.63, 3.8) is 0 Å². The molecule has 0 aliphatic carbocycles. The molecule has 2 aromatic rings. The van der Waals surface area contributed by atoms with Crippen LogP contribution in [0.3, 0.4) is 0 Å². The first-order valence-electron chi connectivity index (χ1n) is 3.54. The van der Waals surface area contributed by atoms with Gasteiger partial charge in [-0.2, -0.15) is 5.10 Å². The monoisotopic (exact) mass is 182 g/mol. The maximum atomic E-state index is 8.94. The van der Waals surface area contributed by atoms with Gasteiger partial charge in [-0.25, -0.2) is 4.52 Å². The second kappa shape index (κ2) is 2.77. The van der Waals surface area contributed by atoms with Gasteiger partial charge >= 0.3 is 0 Å². The highest BCUT2D eigenvalue weighted by Gasteiger charge is 2.05. The number of rotatable bonds is 1. The van der Waals surface area contributed by atoms with Crippen LogP contribution in [0.1, 0.15) is 5.56 Å². The van der Waals surface area contributed by atoms with E-state index in [1.165, 1.54) is 0 Å². The van der Waals surface area contributed by atoms with E-state index in [1.807, 2.05) is 6.07 Å². The van der Waals surface area contributed by atoms with Crippen LogP contribution in [-0.4, -0.2) is 14.7 Å². The van der Waals surface area contributed by atoms with E-state index in [0.29, 0.717) is 5.02 Å². The first kappa shape index (κ1) is 7.58. The smallest absolute Gasteiger partial charge is 0.0902 e. The fourth-order valence-electron chi connectivity index (χ4n) is 1.18. The summed E-state index contributed by atoms with van der Waals surface area (Å²) in [4.78, 5) is 0. The van der Waals surface area contributed by atoms with Gasteiger partial charge in [0.15, 0.2) is 0 Å². The van der Waals surface area contributed by atoms with Crippen LogP contribution in [0.15, 0.2) is 24.5 Å². The molecule has 4 heteroatoms. The second-order valence-electron chi connectivity index (χ2n) is 2.48. The quantitative estimate of drug-likeness (QED) is 0.726. The van der Waals surface area contributed by atoms with Crippen molar-refractivity contribution in [2.45, 2.75) is 6.61 Å². The van der Waals surface area contributed by atoms with Crippen LogP contribution in [0, 0.1) is 0 Å². The average molecular weight is 183 g/mol. The van der Waals surface area contributed by atoms with Crippen LogP contribution >= 0.6 is 11.6 Å². The molecular weight excluding hydrogens is 176 g/mol. The van der Waals surface area contributed by atoms with Crippen molar-refractivity contribution in [2.24, 2.45) is 0 Å². The number of nitrogens with zero attached hydrogens (tertiary/aromatic N) is 2. The fraction of sp³-hybridized carbons (Fsp3) is 0.125. The molecule has 0 unspecified atom stereocenters. The topological polar surface area (TPSA) is 37.5 Å². The van der Waals surface area contributed by atoms with E-state index in [0.717, 1.165) is 11.1 Å². The van der Waals surface area contributed by atoms with Gasteiger partial charge in [0.25, 0.3) is 0 Å². The zero-order chi connectivity index (χ0) is 8.55. The van der Waals surface area contributed by atoms with Crippen molar-refractivity contribution in [1.29, 1.82) is 0 Å². The lowest BCUT2D eigenvalue weighted by molar-refractivity contribution is 0.283. The molecule has 2 heterocycles. The van der Waals surface area contributed by atoms with Crippen LogP contribution < -0.4 is 0 Å². The van der Waals surface area contributed by atoms with E-state index in [4.69, 9.17) is 16.7 Å². The SMILES string of the molecule is OCc1cnn2cccc(Cl)c12. The Morgan fingerprint density at radius 2 is 2.42 bits per heavy atom. The Kier molecular flexibility index (Phi) is 1.75. The first-order valence-corrected chi connectivity index (χ1v) is 3.92. The first-order chi connectivity index (χ1) is 5.83. The average Bonchev–Trinajstić information content (AvgIpc) is 2.49. The number of fused-ring (bicyclic) bond motifs is 1. The Morgan fingerprint density at radius 1 is 1.58 bits per heavy atom. The van der Waals surface area contributed by atoms with Crippen LogP contribution in [0.4, 0.5) is 0 Å². The van der Waals surface area contributed by atoms with Crippen molar-refractivity contribution >= 4 is 17.1 Å². The summed E-state index contributed by atoms with van der Waals surface area (Å²) in [6.07, 6.45) is 3.40. The van der Waals surface area contributed by atoms with Crippen LogP contribution in [0.5, 0.6) is 0 Å². The molecule has 1 N–H and O–H groups in total. The normalized spacial score (nSPS) is 10.8. The van der Waals surface area contributed by atoms with Crippen molar-refractivity contribution in [3.05, 3.63) is 35.1 Å². The van der Waals surface area contributed by atoms with Gasteiger partial charge in [0, 0.05) is 11.8 Å². The lowest BCUT2D eigenvalue weighted by Crippen LogP contribution is -1.87. The minimum absolute atomic E-state index is 0.0345. The van der Waals surface area contributed by atoms with E-state index in [1.54, 1.807) is 23.0 Å². The van der Waals surface area contributed by atoms with Gasteiger partial charge in [-0.05, 0) is 12.1 Å². The maximum absolute atomic E-state index is 8.94. The summed E-state index contributed by atoms with van der Waals surface area (Å²) >= 11 is 5.91. The molecule has 0 bridgehead atoms. The lowest BCUT2D eigenvalue weighted by Gasteiger charge is -1.96. The third-order valence-corrected chi connectivity index (χ3v) is 2.04. The number of aliphatic hydroxyl groups is 1. The number of pyridine rings is 1. The summed E-state index contributed by atoms with van der Waals surface area (Å²) in [6, 6.07) is 3.58. The molecule has 0 spiro atoms. The summed E-state index contributed by atoms with van der Waals surface area (Å²) in [7, 11) is 0. The van der Waals surface area contributed by atoms with E-state index in [9.17, 15) is 0 Å². The molecule has 0 aliphatic heterocycles. The van der Waals surface area contributed by atoms with Gasteiger partial charge in [-0.15, -0.1) is 0 Å². The third kappa shape index (κ3) is 0.983. The molecule has 0 saturated heterocycles. The lowest BCUT2D eigenvalue weighted by atomic mass is 10.3. The molecule has 0 fully saturated rings. The predicted octanol–water partition coefficient (Wildman–Crippen LogP) is 1.48.